The molecular weight excluding hydrogens is 258 g/mol. The molecule has 0 saturated carbocycles. The second kappa shape index (κ2) is 8.52. The van der Waals surface area contributed by atoms with Crippen molar-refractivity contribution >= 4 is 11.9 Å². The fourth-order valence-electron chi connectivity index (χ4n) is 1.73. The van der Waals surface area contributed by atoms with E-state index in [4.69, 9.17) is 9.47 Å². The Hall–Kier alpha value is -1.63. The second-order valence-corrected chi connectivity index (χ2v) is 4.42. The minimum absolute atomic E-state index is 0.312. The molecule has 0 radical (unpaired) electrons. The molecule has 1 heterocycles. The van der Waals surface area contributed by atoms with Crippen LogP contribution in [0.1, 0.15) is 27.2 Å². The summed E-state index contributed by atoms with van der Waals surface area (Å²) in [6, 6.07) is 0.628. The summed E-state index contributed by atoms with van der Waals surface area (Å²) in [6.07, 6.45) is 0.994. The number of rotatable bonds is 9. The van der Waals surface area contributed by atoms with Gasteiger partial charge >= 0.3 is 6.01 Å². The van der Waals surface area contributed by atoms with Crippen molar-refractivity contribution in [2.24, 2.45) is 0 Å². The summed E-state index contributed by atoms with van der Waals surface area (Å²) in [5.41, 5.74) is 0. The van der Waals surface area contributed by atoms with Crippen LogP contribution in [0, 0.1) is 0 Å². The zero-order valence-corrected chi connectivity index (χ0v) is 13.0. The number of nitrogens with zero attached hydrogens (tertiary/aromatic N) is 4. The van der Waals surface area contributed by atoms with Gasteiger partial charge in [0, 0.05) is 26.2 Å². The summed E-state index contributed by atoms with van der Waals surface area (Å²) in [5.74, 6) is 1.14. The van der Waals surface area contributed by atoms with Crippen molar-refractivity contribution in [3.8, 4) is 6.01 Å². The van der Waals surface area contributed by atoms with Gasteiger partial charge < -0.3 is 19.7 Å². The van der Waals surface area contributed by atoms with Gasteiger partial charge in [-0.25, -0.2) is 0 Å². The first-order valence-electron chi connectivity index (χ1n) is 6.95. The molecule has 0 aliphatic heterocycles. The monoisotopic (exact) mass is 283 g/mol. The molecule has 114 valence electrons. The van der Waals surface area contributed by atoms with Crippen LogP contribution in [0.3, 0.4) is 0 Å². The van der Waals surface area contributed by atoms with E-state index >= 15 is 0 Å². The second-order valence-electron chi connectivity index (χ2n) is 4.42. The third-order valence-corrected chi connectivity index (χ3v) is 3.04. The molecule has 0 aromatic carbocycles. The van der Waals surface area contributed by atoms with Crippen LogP contribution in [0.25, 0.3) is 0 Å². The van der Waals surface area contributed by atoms with Gasteiger partial charge in [0.15, 0.2) is 0 Å². The maximum Gasteiger partial charge on any atom is 0.322 e. The van der Waals surface area contributed by atoms with Gasteiger partial charge in [-0.1, -0.05) is 6.92 Å². The summed E-state index contributed by atoms with van der Waals surface area (Å²) in [4.78, 5) is 15.1. The molecule has 1 aromatic heterocycles. The molecule has 0 fully saturated rings. The highest BCUT2D eigenvalue weighted by molar-refractivity contribution is 5.39. The Bertz CT molecular complexity index is 402. The van der Waals surface area contributed by atoms with E-state index in [1.807, 2.05) is 6.92 Å². The van der Waals surface area contributed by atoms with E-state index in [0.717, 1.165) is 19.5 Å². The standard InChI is InChI=1S/C13H25N5O2/c1-6-10(3)18(8-9-19-4)12-15-11(14-7-2)16-13(17-12)20-5/h10H,6-9H2,1-5H3,(H,14,15,16,17). The Morgan fingerprint density at radius 1 is 1.20 bits per heavy atom. The van der Waals surface area contributed by atoms with Crippen molar-refractivity contribution < 1.29 is 9.47 Å². The third kappa shape index (κ3) is 4.48. The molecular formula is C13H25N5O2. The van der Waals surface area contributed by atoms with E-state index in [2.05, 4.69) is 39.0 Å². The van der Waals surface area contributed by atoms with E-state index < -0.39 is 0 Å². The lowest BCUT2D eigenvalue weighted by Gasteiger charge is -2.28. The van der Waals surface area contributed by atoms with Crippen molar-refractivity contribution in [3.05, 3.63) is 0 Å². The van der Waals surface area contributed by atoms with E-state index in [1.54, 1.807) is 14.2 Å². The molecule has 0 aliphatic rings. The highest BCUT2D eigenvalue weighted by Crippen LogP contribution is 2.18. The van der Waals surface area contributed by atoms with Crippen LogP contribution in [0.4, 0.5) is 11.9 Å². The van der Waals surface area contributed by atoms with Crippen molar-refractivity contribution in [3.63, 3.8) is 0 Å². The lowest BCUT2D eigenvalue weighted by molar-refractivity contribution is 0.202. The highest BCUT2D eigenvalue weighted by Gasteiger charge is 2.18. The topological polar surface area (TPSA) is 72.4 Å². The van der Waals surface area contributed by atoms with Crippen LogP contribution in [0.15, 0.2) is 0 Å². The van der Waals surface area contributed by atoms with E-state index in [1.165, 1.54) is 0 Å². The molecule has 1 atom stereocenters. The fraction of sp³-hybridized carbons (Fsp3) is 0.769. The van der Waals surface area contributed by atoms with Crippen molar-refractivity contribution in [1.29, 1.82) is 0 Å². The lowest BCUT2D eigenvalue weighted by atomic mass is 10.2. The van der Waals surface area contributed by atoms with Gasteiger partial charge in [0.1, 0.15) is 0 Å². The molecule has 1 unspecified atom stereocenters. The minimum Gasteiger partial charge on any atom is -0.467 e. The summed E-state index contributed by atoms with van der Waals surface area (Å²) in [6.45, 7) is 8.35. The van der Waals surface area contributed by atoms with Gasteiger partial charge in [0.05, 0.1) is 13.7 Å². The van der Waals surface area contributed by atoms with Crippen LogP contribution in [0.2, 0.25) is 0 Å². The van der Waals surface area contributed by atoms with Crippen LogP contribution < -0.4 is 15.0 Å². The maximum atomic E-state index is 5.16. The van der Waals surface area contributed by atoms with Gasteiger partial charge in [0.2, 0.25) is 11.9 Å². The summed E-state index contributed by atoms with van der Waals surface area (Å²) in [7, 11) is 3.24. The minimum atomic E-state index is 0.312. The quantitative estimate of drug-likeness (QED) is 0.737. The van der Waals surface area contributed by atoms with Gasteiger partial charge in [-0.05, 0) is 20.3 Å². The zero-order valence-electron chi connectivity index (χ0n) is 13.0. The van der Waals surface area contributed by atoms with Crippen LogP contribution in [-0.2, 0) is 4.74 Å². The maximum absolute atomic E-state index is 5.16. The Labute approximate surface area is 120 Å². The Morgan fingerprint density at radius 2 is 1.95 bits per heavy atom. The number of ether oxygens (including phenoxy) is 2. The molecule has 7 heteroatoms. The van der Waals surface area contributed by atoms with Gasteiger partial charge in [-0.15, -0.1) is 0 Å². The van der Waals surface area contributed by atoms with Crippen molar-refractivity contribution in [1.82, 2.24) is 15.0 Å². The number of hydrogen-bond donors (Lipinski definition) is 1. The summed E-state index contributed by atoms with van der Waals surface area (Å²) < 4.78 is 10.3. The van der Waals surface area contributed by atoms with E-state index in [9.17, 15) is 0 Å². The Kier molecular flexibility index (Phi) is 7.00. The molecule has 20 heavy (non-hydrogen) atoms. The average Bonchev–Trinajstić information content (AvgIpc) is 2.47. The van der Waals surface area contributed by atoms with Gasteiger partial charge in [0.25, 0.3) is 0 Å². The SMILES string of the molecule is CCNc1nc(OC)nc(N(CCOC)C(C)CC)n1. The molecule has 1 aromatic rings. The number of methoxy groups -OCH3 is 2. The molecule has 0 spiro atoms. The Morgan fingerprint density at radius 3 is 2.50 bits per heavy atom. The normalized spacial score (nSPS) is 12.1. The first-order valence-corrected chi connectivity index (χ1v) is 6.95. The number of nitrogens with one attached hydrogen (secondary N) is 1. The van der Waals surface area contributed by atoms with Crippen molar-refractivity contribution in [2.45, 2.75) is 33.2 Å². The smallest absolute Gasteiger partial charge is 0.322 e. The van der Waals surface area contributed by atoms with Crippen LogP contribution in [0.5, 0.6) is 6.01 Å². The summed E-state index contributed by atoms with van der Waals surface area (Å²) >= 11 is 0. The molecule has 7 nitrogen and oxygen atoms in total. The molecule has 0 aliphatic carbocycles. The number of anilines is 2. The van der Waals surface area contributed by atoms with Gasteiger partial charge in [-0.2, -0.15) is 15.0 Å². The number of hydrogen-bond acceptors (Lipinski definition) is 7. The summed E-state index contributed by atoms with van der Waals surface area (Å²) in [5, 5.41) is 3.09. The number of aromatic nitrogens is 3. The lowest BCUT2D eigenvalue weighted by Crippen LogP contribution is -2.37. The molecule has 1 N–H and O–H groups in total. The third-order valence-electron chi connectivity index (χ3n) is 3.04. The first-order chi connectivity index (χ1) is 9.65. The molecule has 0 amide bonds. The van der Waals surface area contributed by atoms with Gasteiger partial charge in [-0.3, -0.25) is 0 Å². The van der Waals surface area contributed by atoms with Crippen LogP contribution >= 0.6 is 0 Å². The highest BCUT2D eigenvalue weighted by atomic mass is 16.5. The Balaban J connectivity index is 3.06. The first kappa shape index (κ1) is 16.4. The van der Waals surface area contributed by atoms with Crippen LogP contribution in [-0.4, -0.2) is 54.9 Å². The predicted octanol–water partition coefficient (Wildman–Crippen LogP) is 1.56. The largest absolute Gasteiger partial charge is 0.467 e. The fourth-order valence-corrected chi connectivity index (χ4v) is 1.73. The van der Waals surface area contributed by atoms with E-state index in [0.29, 0.717) is 30.6 Å². The molecule has 0 bridgehead atoms. The molecule has 0 saturated heterocycles. The van der Waals surface area contributed by atoms with E-state index in [-0.39, 0.29) is 0 Å². The molecule has 1 rings (SSSR count). The zero-order chi connectivity index (χ0) is 15.0. The van der Waals surface area contributed by atoms with Crippen molar-refractivity contribution in [2.75, 3.05) is 44.1 Å². The average molecular weight is 283 g/mol. The predicted molar refractivity (Wildman–Crippen MR) is 79.5 cm³/mol.